The van der Waals surface area contributed by atoms with Crippen LogP contribution in [0, 0.1) is 27.7 Å². The number of benzene rings is 3. The Kier molecular flexibility index (Phi) is 4.37. The van der Waals surface area contributed by atoms with Crippen molar-refractivity contribution in [2.75, 3.05) is 4.72 Å². The van der Waals surface area contributed by atoms with Gasteiger partial charge in [-0.1, -0.05) is 41.9 Å². The summed E-state index contributed by atoms with van der Waals surface area (Å²) in [6.07, 6.45) is 0. The maximum absolute atomic E-state index is 13.2. The van der Waals surface area contributed by atoms with Gasteiger partial charge in [0.1, 0.15) is 7.85 Å². The van der Waals surface area contributed by atoms with Crippen molar-refractivity contribution in [3.05, 3.63) is 64.7 Å². The summed E-state index contributed by atoms with van der Waals surface area (Å²) in [5.74, 6) is 0. The fourth-order valence-electron chi connectivity index (χ4n) is 3.20. The van der Waals surface area contributed by atoms with Crippen LogP contribution in [0.25, 0.3) is 10.8 Å². The van der Waals surface area contributed by atoms with E-state index >= 15 is 0 Å². The molecule has 0 aliphatic heterocycles. The van der Waals surface area contributed by atoms with Gasteiger partial charge >= 0.3 is 0 Å². The second-order valence-corrected chi connectivity index (χ2v) is 8.10. The van der Waals surface area contributed by atoms with Crippen LogP contribution in [-0.4, -0.2) is 16.3 Å². The van der Waals surface area contributed by atoms with Crippen molar-refractivity contribution < 1.29 is 8.42 Å². The summed E-state index contributed by atoms with van der Waals surface area (Å²) in [7, 11) is 2.22. The lowest BCUT2D eigenvalue weighted by Gasteiger charge is -2.18. The van der Waals surface area contributed by atoms with Gasteiger partial charge in [0.2, 0.25) is 0 Å². The van der Waals surface area contributed by atoms with Gasteiger partial charge in [-0.05, 0) is 61.4 Å². The molecule has 3 nitrogen and oxygen atoms in total. The predicted octanol–water partition coefficient (Wildman–Crippen LogP) is 3.67. The maximum Gasteiger partial charge on any atom is 0.262 e. The molecular formula is C20H20BNO2S. The SMILES string of the molecule is [B]c1cc(NS(=O)(=O)c2c(C)c(C)cc(C)c2C)c2ccccc2c1. The van der Waals surface area contributed by atoms with Gasteiger partial charge in [-0.15, -0.1) is 0 Å². The predicted molar refractivity (Wildman–Crippen MR) is 106 cm³/mol. The summed E-state index contributed by atoms with van der Waals surface area (Å²) in [5.41, 5.74) is 4.47. The minimum absolute atomic E-state index is 0.344. The Balaban J connectivity index is 2.19. The molecule has 0 fully saturated rings. The summed E-state index contributed by atoms with van der Waals surface area (Å²) in [5, 5.41) is 1.72. The molecule has 0 saturated heterocycles. The Labute approximate surface area is 150 Å². The Morgan fingerprint density at radius 3 is 2.12 bits per heavy atom. The molecule has 2 radical (unpaired) electrons. The fourth-order valence-corrected chi connectivity index (χ4v) is 4.89. The van der Waals surface area contributed by atoms with Crippen LogP contribution in [0.5, 0.6) is 0 Å². The molecule has 0 aliphatic rings. The van der Waals surface area contributed by atoms with Gasteiger partial charge in [-0.25, -0.2) is 8.42 Å². The summed E-state index contributed by atoms with van der Waals surface area (Å²) in [6.45, 7) is 7.54. The average molecular weight is 349 g/mol. The molecule has 3 aromatic carbocycles. The molecule has 1 N–H and O–H groups in total. The maximum atomic E-state index is 13.2. The molecular weight excluding hydrogens is 329 g/mol. The van der Waals surface area contributed by atoms with Crippen LogP contribution in [0.15, 0.2) is 47.4 Å². The molecule has 126 valence electrons. The molecule has 0 aliphatic carbocycles. The molecule has 0 atom stereocenters. The minimum atomic E-state index is -3.73. The zero-order chi connectivity index (χ0) is 18.4. The molecule has 25 heavy (non-hydrogen) atoms. The van der Waals surface area contributed by atoms with Crippen molar-refractivity contribution in [1.82, 2.24) is 0 Å². The first-order chi connectivity index (χ1) is 11.7. The highest BCUT2D eigenvalue weighted by molar-refractivity contribution is 7.92. The van der Waals surface area contributed by atoms with E-state index in [1.54, 1.807) is 6.07 Å². The van der Waals surface area contributed by atoms with Crippen molar-refractivity contribution in [3.8, 4) is 0 Å². The molecule has 0 amide bonds. The van der Waals surface area contributed by atoms with Crippen molar-refractivity contribution >= 4 is 39.8 Å². The standard InChI is InChI=1S/C20H20BNO2S/c1-12-9-13(2)15(4)20(14(12)3)25(23,24)22-19-11-17(21)10-16-7-5-6-8-18(16)19/h5-11,22H,1-4H3. The molecule has 0 bridgehead atoms. The molecule has 0 aromatic heterocycles. The van der Waals surface area contributed by atoms with Crippen LogP contribution >= 0.6 is 0 Å². The van der Waals surface area contributed by atoms with E-state index in [-0.39, 0.29) is 0 Å². The van der Waals surface area contributed by atoms with E-state index in [2.05, 4.69) is 4.72 Å². The number of nitrogens with one attached hydrogen (secondary N) is 1. The van der Waals surface area contributed by atoms with Crippen LogP contribution in [0.3, 0.4) is 0 Å². The largest absolute Gasteiger partial charge is 0.279 e. The van der Waals surface area contributed by atoms with Crippen LogP contribution in [-0.2, 0) is 10.0 Å². The number of aryl methyl sites for hydroxylation is 2. The lowest BCUT2D eigenvalue weighted by molar-refractivity contribution is 0.599. The highest BCUT2D eigenvalue weighted by atomic mass is 32.2. The van der Waals surface area contributed by atoms with E-state index in [1.165, 1.54) is 0 Å². The minimum Gasteiger partial charge on any atom is -0.279 e. The van der Waals surface area contributed by atoms with Crippen LogP contribution in [0.1, 0.15) is 22.3 Å². The second-order valence-electron chi connectivity index (χ2n) is 6.48. The highest BCUT2D eigenvalue weighted by Crippen LogP contribution is 2.30. The number of hydrogen-bond acceptors (Lipinski definition) is 2. The van der Waals surface area contributed by atoms with Crippen molar-refractivity contribution in [2.45, 2.75) is 32.6 Å². The number of rotatable bonds is 3. The van der Waals surface area contributed by atoms with E-state index in [9.17, 15) is 8.42 Å². The van der Waals surface area contributed by atoms with Crippen molar-refractivity contribution in [2.24, 2.45) is 0 Å². The normalized spacial score (nSPS) is 11.7. The first-order valence-electron chi connectivity index (χ1n) is 8.09. The summed E-state index contributed by atoms with van der Waals surface area (Å²) in [6, 6.07) is 13.1. The molecule has 0 spiro atoms. The van der Waals surface area contributed by atoms with Crippen molar-refractivity contribution in [3.63, 3.8) is 0 Å². The number of hydrogen-bond donors (Lipinski definition) is 1. The fraction of sp³-hybridized carbons (Fsp3) is 0.200. The number of sulfonamides is 1. The van der Waals surface area contributed by atoms with E-state index in [0.29, 0.717) is 16.0 Å². The number of fused-ring (bicyclic) bond motifs is 1. The highest BCUT2D eigenvalue weighted by Gasteiger charge is 2.23. The first-order valence-corrected chi connectivity index (χ1v) is 9.57. The molecule has 5 heteroatoms. The van der Waals surface area contributed by atoms with Crippen LogP contribution in [0.4, 0.5) is 5.69 Å². The van der Waals surface area contributed by atoms with E-state index in [0.717, 1.165) is 33.0 Å². The summed E-state index contributed by atoms with van der Waals surface area (Å²) < 4.78 is 29.0. The molecule has 3 rings (SSSR count). The monoisotopic (exact) mass is 349 g/mol. The van der Waals surface area contributed by atoms with Crippen LogP contribution < -0.4 is 10.2 Å². The summed E-state index contributed by atoms with van der Waals surface area (Å²) >= 11 is 0. The number of anilines is 1. The lowest BCUT2D eigenvalue weighted by atomic mass is 9.92. The second kappa shape index (κ2) is 6.23. The van der Waals surface area contributed by atoms with Gasteiger partial charge in [0, 0.05) is 5.39 Å². The third kappa shape index (κ3) is 3.16. The van der Waals surface area contributed by atoms with Gasteiger partial charge in [-0.3, -0.25) is 4.72 Å². The lowest BCUT2D eigenvalue weighted by Crippen LogP contribution is -2.18. The smallest absolute Gasteiger partial charge is 0.262 e. The van der Waals surface area contributed by atoms with Gasteiger partial charge in [0.05, 0.1) is 10.6 Å². The first kappa shape index (κ1) is 17.6. The van der Waals surface area contributed by atoms with E-state index < -0.39 is 10.0 Å². The Morgan fingerprint density at radius 2 is 1.48 bits per heavy atom. The average Bonchev–Trinajstić information content (AvgIpc) is 2.52. The van der Waals surface area contributed by atoms with E-state index in [1.807, 2.05) is 64.1 Å². The molecule has 0 heterocycles. The van der Waals surface area contributed by atoms with Gasteiger partial charge in [-0.2, -0.15) is 0 Å². The third-order valence-electron chi connectivity index (χ3n) is 4.69. The molecule has 0 unspecified atom stereocenters. The molecule has 3 aromatic rings. The zero-order valence-electron chi connectivity index (χ0n) is 14.8. The zero-order valence-corrected chi connectivity index (χ0v) is 15.7. The molecule has 0 saturated carbocycles. The Morgan fingerprint density at radius 1 is 0.880 bits per heavy atom. The Bertz CT molecular complexity index is 1060. The van der Waals surface area contributed by atoms with Gasteiger partial charge in [0.15, 0.2) is 0 Å². The Hall–Kier alpha value is -2.27. The van der Waals surface area contributed by atoms with Gasteiger partial charge < -0.3 is 0 Å². The van der Waals surface area contributed by atoms with E-state index in [4.69, 9.17) is 7.85 Å². The van der Waals surface area contributed by atoms with Crippen molar-refractivity contribution in [1.29, 1.82) is 0 Å². The third-order valence-corrected chi connectivity index (χ3v) is 6.33. The quantitative estimate of drug-likeness (QED) is 0.734. The topological polar surface area (TPSA) is 46.2 Å². The van der Waals surface area contributed by atoms with Crippen LogP contribution in [0.2, 0.25) is 0 Å². The van der Waals surface area contributed by atoms with Gasteiger partial charge in [0.25, 0.3) is 10.0 Å². The summed E-state index contributed by atoms with van der Waals surface area (Å²) in [4.78, 5) is 0.344.